The lowest BCUT2D eigenvalue weighted by Crippen LogP contribution is -2.46. The van der Waals surface area contributed by atoms with Crippen LogP contribution in [0.3, 0.4) is 0 Å². The average Bonchev–Trinajstić information content (AvgIpc) is 2.43. The van der Waals surface area contributed by atoms with Crippen molar-refractivity contribution in [3.05, 3.63) is 0 Å². The minimum atomic E-state index is -3.34. The Morgan fingerprint density at radius 3 is 2.50 bits per heavy atom. The third kappa shape index (κ3) is 2.06. The van der Waals surface area contributed by atoms with E-state index in [0.717, 1.165) is 10.6 Å². The molecule has 7 heteroatoms. The second-order valence-corrected chi connectivity index (χ2v) is 5.52. The van der Waals surface area contributed by atoms with Gasteiger partial charge in [-0.05, 0) is 0 Å². The summed E-state index contributed by atoms with van der Waals surface area (Å²) in [5.74, 6) is 0. The zero-order valence-corrected chi connectivity index (χ0v) is 8.99. The van der Waals surface area contributed by atoms with Gasteiger partial charge in [-0.3, -0.25) is 0 Å². The van der Waals surface area contributed by atoms with Crippen molar-refractivity contribution >= 4 is 10.0 Å². The zero-order valence-electron chi connectivity index (χ0n) is 8.17. The Hall–Kier alpha value is -0.210. The molecule has 84 valence electrons. The largest absolute Gasteiger partial charge is 0.393 e. The van der Waals surface area contributed by atoms with E-state index < -0.39 is 28.3 Å². The van der Waals surface area contributed by atoms with Gasteiger partial charge in [0.1, 0.15) is 11.7 Å². The molecule has 1 aliphatic heterocycles. The summed E-state index contributed by atoms with van der Waals surface area (Å²) in [7, 11) is -1.97. The van der Waals surface area contributed by atoms with Gasteiger partial charge >= 0.3 is 0 Å². The van der Waals surface area contributed by atoms with Crippen molar-refractivity contribution in [3.63, 3.8) is 0 Å². The molecule has 6 nitrogen and oxygen atoms in total. The molecule has 0 aromatic heterocycles. The molecule has 2 atom stereocenters. The predicted octanol–water partition coefficient (Wildman–Crippen LogP) is -2.00. The van der Waals surface area contributed by atoms with Crippen LogP contribution in [0.2, 0.25) is 0 Å². The Bertz CT molecular complexity index is 303. The van der Waals surface area contributed by atoms with E-state index in [-0.39, 0.29) is 13.1 Å². The van der Waals surface area contributed by atoms with Crippen LogP contribution < -0.4 is 0 Å². The molecular formula is C7H15NO5S. The number of methoxy groups -OCH3 is 1. The van der Waals surface area contributed by atoms with E-state index in [1.807, 2.05) is 0 Å². The molecule has 1 rings (SSSR count). The summed E-state index contributed by atoms with van der Waals surface area (Å²) in [5.41, 5.74) is -1.49. The molecule has 1 aliphatic rings. The first-order chi connectivity index (χ1) is 6.33. The second-order valence-electron chi connectivity index (χ2n) is 3.54. The fourth-order valence-corrected chi connectivity index (χ4v) is 2.39. The monoisotopic (exact) mass is 225 g/mol. The molecule has 1 fully saturated rings. The van der Waals surface area contributed by atoms with E-state index in [0.29, 0.717) is 0 Å². The molecule has 0 radical (unpaired) electrons. The number of hydrogen-bond acceptors (Lipinski definition) is 5. The van der Waals surface area contributed by atoms with Gasteiger partial charge in [0, 0.05) is 20.2 Å². The molecule has 0 aliphatic carbocycles. The minimum Gasteiger partial charge on any atom is -0.393 e. The van der Waals surface area contributed by atoms with Crippen molar-refractivity contribution in [1.82, 2.24) is 4.31 Å². The van der Waals surface area contributed by atoms with Crippen LogP contribution in [0.5, 0.6) is 0 Å². The minimum absolute atomic E-state index is 0.0758. The lowest BCUT2D eigenvalue weighted by atomic mass is 10.0. The summed E-state index contributed by atoms with van der Waals surface area (Å²) >= 11 is 0. The first-order valence-corrected chi connectivity index (χ1v) is 5.99. The summed E-state index contributed by atoms with van der Waals surface area (Å²) in [4.78, 5) is 0. The summed E-state index contributed by atoms with van der Waals surface area (Å²) < 4.78 is 28.4. The number of nitrogens with zero attached hydrogens (tertiary/aromatic N) is 1. The maximum absolute atomic E-state index is 11.2. The molecule has 0 aromatic rings. The number of sulfonamides is 1. The number of aliphatic hydroxyl groups is 2. The normalized spacial score (nSPS) is 35.0. The topological polar surface area (TPSA) is 87.1 Å². The number of hydrogen-bond donors (Lipinski definition) is 2. The molecule has 0 spiro atoms. The van der Waals surface area contributed by atoms with Gasteiger partial charge < -0.3 is 14.9 Å². The average molecular weight is 225 g/mol. The van der Waals surface area contributed by atoms with Crippen molar-refractivity contribution in [3.8, 4) is 0 Å². The maximum Gasteiger partial charge on any atom is 0.211 e. The van der Waals surface area contributed by atoms with Crippen molar-refractivity contribution in [1.29, 1.82) is 0 Å². The van der Waals surface area contributed by atoms with Gasteiger partial charge in [0.25, 0.3) is 0 Å². The molecule has 14 heavy (non-hydrogen) atoms. The zero-order chi connectivity index (χ0) is 11.0. The number of ether oxygens (including phenoxy) is 1. The number of aliphatic hydroxyl groups excluding tert-OH is 1. The molecule has 1 heterocycles. The van der Waals surface area contributed by atoms with Gasteiger partial charge in [0.05, 0.1) is 12.9 Å². The van der Waals surface area contributed by atoms with Crippen LogP contribution in [0.25, 0.3) is 0 Å². The van der Waals surface area contributed by atoms with Gasteiger partial charge in [0.15, 0.2) is 0 Å². The van der Waals surface area contributed by atoms with Crippen LogP contribution in [0.15, 0.2) is 0 Å². The van der Waals surface area contributed by atoms with E-state index >= 15 is 0 Å². The van der Waals surface area contributed by atoms with Crippen LogP contribution in [-0.4, -0.2) is 67.7 Å². The maximum atomic E-state index is 11.2. The van der Waals surface area contributed by atoms with Crippen LogP contribution in [0.4, 0.5) is 0 Å². The van der Waals surface area contributed by atoms with E-state index in [9.17, 15) is 13.5 Å². The van der Waals surface area contributed by atoms with Crippen molar-refractivity contribution < 1.29 is 23.4 Å². The molecule has 0 amide bonds. The Balaban J connectivity index is 2.86. The quantitative estimate of drug-likeness (QED) is 0.580. The van der Waals surface area contributed by atoms with Gasteiger partial charge in [-0.25, -0.2) is 8.42 Å². The molecule has 1 saturated heterocycles. The molecule has 2 N–H and O–H groups in total. The van der Waals surface area contributed by atoms with Gasteiger partial charge in [-0.2, -0.15) is 4.31 Å². The first-order valence-electron chi connectivity index (χ1n) is 4.14. The number of rotatable bonds is 3. The van der Waals surface area contributed by atoms with Crippen molar-refractivity contribution in [2.45, 2.75) is 11.7 Å². The lowest BCUT2D eigenvalue weighted by molar-refractivity contribution is -0.0890. The molecule has 0 bridgehead atoms. The Morgan fingerprint density at radius 1 is 1.64 bits per heavy atom. The summed E-state index contributed by atoms with van der Waals surface area (Å²) in [6, 6.07) is 0. The lowest BCUT2D eigenvalue weighted by Gasteiger charge is -2.24. The Morgan fingerprint density at radius 2 is 2.21 bits per heavy atom. The summed E-state index contributed by atoms with van der Waals surface area (Å²) in [6.07, 6.45) is 0.380. The molecule has 0 saturated carbocycles. The van der Waals surface area contributed by atoms with E-state index in [1.165, 1.54) is 7.11 Å². The highest BCUT2D eigenvalue weighted by molar-refractivity contribution is 7.88. The first kappa shape index (κ1) is 11.9. The van der Waals surface area contributed by atoms with Crippen LogP contribution >= 0.6 is 0 Å². The van der Waals surface area contributed by atoms with Gasteiger partial charge in [0.2, 0.25) is 10.0 Å². The number of β-amino-alcohol motifs (C(OH)–C–C–N with tert-alkyl or cyclic N) is 1. The fourth-order valence-electron chi connectivity index (χ4n) is 1.53. The summed E-state index contributed by atoms with van der Waals surface area (Å²) in [6.45, 7) is -0.565. The SMILES string of the molecule is CO[C@H]1CN(S(C)(=O)=O)C[C@@]1(O)CO. The fraction of sp³-hybridized carbons (Fsp3) is 1.00. The highest BCUT2D eigenvalue weighted by Crippen LogP contribution is 2.25. The Kier molecular flexibility index (Phi) is 3.17. The van der Waals surface area contributed by atoms with E-state index in [4.69, 9.17) is 9.84 Å². The van der Waals surface area contributed by atoms with Crippen LogP contribution in [0.1, 0.15) is 0 Å². The van der Waals surface area contributed by atoms with Crippen molar-refractivity contribution in [2.24, 2.45) is 0 Å². The van der Waals surface area contributed by atoms with Crippen LogP contribution in [-0.2, 0) is 14.8 Å². The highest BCUT2D eigenvalue weighted by atomic mass is 32.2. The van der Waals surface area contributed by atoms with E-state index in [2.05, 4.69) is 0 Å². The van der Waals surface area contributed by atoms with Crippen molar-refractivity contribution in [2.75, 3.05) is 33.1 Å². The summed E-state index contributed by atoms with van der Waals surface area (Å²) in [5, 5.41) is 18.8. The standard InChI is InChI=1S/C7H15NO5S/c1-13-6-3-8(14(2,11)12)4-7(6,10)5-9/h6,9-10H,3-5H2,1-2H3/t6-,7+/m0/s1. The molecule has 0 unspecified atom stereocenters. The second kappa shape index (κ2) is 3.74. The smallest absolute Gasteiger partial charge is 0.211 e. The van der Waals surface area contributed by atoms with Gasteiger partial charge in [-0.1, -0.05) is 0 Å². The van der Waals surface area contributed by atoms with Crippen LogP contribution in [0, 0.1) is 0 Å². The third-order valence-corrected chi connectivity index (χ3v) is 3.66. The third-order valence-electron chi connectivity index (χ3n) is 2.45. The van der Waals surface area contributed by atoms with Gasteiger partial charge in [-0.15, -0.1) is 0 Å². The molecule has 0 aromatic carbocycles. The van der Waals surface area contributed by atoms with E-state index in [1.54, 1.807) is 0 Å². The predicted molar refractivity (Wildman–Crippen MR) is 49.2 cm³/mol. The highest BCUT2D eigenvalue weighted by Gasteiger charge is 2.48. The Labute approximate surface area is 83.1 Å². The molecular weight excluding hydrogens is 210 g/mol.